The predicted octanol–water partition coefficient (Wildman–Crippen LogP) is 5.61. The summed E-state index contributed by atoms with van der Waals surface area (Å²) in [5.41, 5.74) is 7.50. The molecule has 4 aliphatic heterocycles. The van der Waals surface area contributed by atoms with Crippen molar-refractivity contribution < 1.29 is 48.5 Å². The zero-order valence-electron chi connectivity index (χ0n) is 33.1. The highest BCUT2D eigenvalue weighted by Gasteiger charge is 2.36. The van der Waals surface area contributed by atoms with Gasteiger partial charge in [0.25, 0.3) is 11.8 Å². The van der Waals surface area contributed by atoms with Crippen LogP contribution in [0.15, 0.2) is 97.1 Å². The first-order valence-corrected chi connectivity index (χ1v) is 19.6. The number of amides is 4. The van der Waals surface area contributed by atoms with Crippen LogP contribution < -0.4 is 20.4 Å². The van der Waals surface area contributed by atoms with Gasteiger partial charge in [0, 0.05) is 35.5 Å². The maximum atomic E-state index is 13.4. The largest absolute Gasteiger partial charge is 0.491 e. The lowest BCUT2D eigenvalue weighted by Crippen LogP contribution is -2.42. The number of rotatable bonds is 6. The van der Waals surface area contributed by atoms with E-state index in [-0.39, 0.29) is 75.9 Å². The summed E-state index contributed by atoms with van der Waals surface area (Å²) in [4.78, 5) is 54.1. The molecular formula is C44H52N4O10S2. The van der Waals surface area contributed by atoms with E-state index in [0.717, 1.165) is 47.9 Å². The number of fused-ring (bicyclic) bond motifs is 2. The number of hydroxylamine groups is 2. The van der Waals surface area contributed by atoms with Gasteiger partial charge in [0.2, 0.25) is 11.8 Å². The van der Waals surface area contributed by atoms with Crippen molar-refractivity contribution in [3.8, 4) is 11.5 Å². The maximum Gasteiger partial charge on any atom is 0.274 e. The van der Waals surface area contributed by atoms with Crippen molar-refractivity contribution in [2.45, 2.75) is 50.9 Å². The van der Waals surface area contributed by atoms with E-state index in [1.807, 2.05) is 70.5 Å². The molecule has 2 fully saturated rings. The molecule has 16 heteroatoms. The van der Waals surface area contributed by atoms with Crippen LogP contribution in [0.1, 0.15) is 80.7 Å². The average Bonchev–Trinajstić information content (AvgIpc) is 3.61. The van der Waals surface area contributed by atoms with Crippen molar-refractivity contribution >= 4 is 50.6 Å². The fourth-order valence-electron chi connectivity index (χ4n) is 7.86. The molecule has 4 aliphatic rings. The Labute approximate surface area is 362 Å². The zero-order valence-corrected chi connectivity index (χ0v) is 35.1. The molecule has 4 N–H and O–H groups in total. The molecule has 0 spiro atoms. The quantitative estimate of drug-likeness (QED) is 0.141. The van der Waals surface area contributed by atoms with Gasteiger partial charge in [-0.25, -0.2) is 11.0 Å². The molecule has 4 heterocycles. The Morgan fingerprint density at radius 2 is 0.950 bits per heavy atom. The highest BCUT2D eigenvalue weighted by Crippen LogP contribution is 2.36. The van der Waals surface area contributed by atoms with Gasteiger partial charge in [-0.15, -0.1) is 0 Å². The van der Waals surface area contributed by atoms with Crippen LogP contribution in [0.3, 0.4) is 0 Å². The van der Waals surface area contributed by atoms with E-state index in [2.05, 4.69) is 0 Å². The van der Waals surface area contributed by atoms with Crippen molar-refractivity contribution in [2.75, 3.05) is 39.6 Å². The third-order valence-corrected chi connectivity index (χ3v) is 11.0. The van der Waals surface area contributed by atoms with Gasteiger partial charge in [0.1, 0.15) is 24.7 Å². The molecule has 60 heavy (non-hydrogen) atoms. The van der Waals surface area contributed by atoms with Gasteiger partial charge in [0.15, 0.2) is 0 Å². The van der Waals surface area contributed by atoms with Gasteiger partial charge in [-0.3, -0.25) is 29.6 Å². The second-order valence-corrected chi connectivity index (χ2v) is 14.8. The van der Waals surface area contributed by atoms with Crippen LogP contribution >= 0.6 is 27.0 Å². The second kappa shape index (κ2) is 21.9. The van der Waals surface area contributed by atoms with E-state index in [9.17, 15) is 19.2 Å². The van der Waals surface area contributed by atoms with E-state index < -0.39 is 11.8 Å². The maximum absolute atomic E-state index is 13.4. The van der Waals surface area contributed by atoms with Crippen molar-refractivity contribution in [3.63, 3.8) is 0 Å². The molecule has 8 rings (SSSR count). The van der Waals surface area contributed by atoms with Crippen molar-refractivity contribution in [1.82, 2.24) is 20.8 Å². The molecule has 0 aromatic heterocycles. The van der Waals surface area contributed by atoms with Crippen LogP contribution in [0.4, 0.5) is 0 Å². The SMILES string of the molecule is O=C(NO)c1ccc2c(c1)OC[C@H](c1ccccc1)N(C(=O)[C@@H]1CCCOC1)C2.O=C(NO)c1ccc2c(c1)OC[C@H](c1ccccc1)N(C(=O)[C@H]1CCCOC1)C2.S.S. The van der Waals surface area contributed by atoms with E-state index in [1.165, 1.54) is 0 Å². The highest BCUT2D eigenvalue weighted by molar-refractivity contribution is 7.59. The molecule has 0 unspecified atom stereocenters. The summed E-state index contributed by atoms with van der Waals surface area (Å²) < 4.78 is 23.2. The molecule has 0 radical (unpaired) electrons. The Kier molecular flexibility index (Phi) is 16.8. The number of nitrogens with one attached hydrogen (secondary N) is 2. The summed E-state index contributed by atoms with van der Waals surface area (Å²) in [6.07, 6.45) is 3.40. The standard InChI is InChI=1S/2C22H24N2O5.2H2S/c2*25-21(23-27)16-8-9-17-12-24(22(26)18-7-4-10-28-13-18)19(14-29-20(17)11-16)15-5-2-1-3-6-15;;/h2*1-3,5-6,8-9,11,18-19,27H,4,7,10,12-14H2,(H,23,25);2*1H2/t18-,19+;18-,19-;;/m01../s1. The van der Waals surface area contributed by atoms with Gasteiger partial charge in [-0.05, 0) is 61.1 Å². The van der Waals surface area contributed by atoms with E-state index >= 15 is 0 Å². The van der Waals surface area contributed by atoms with E-state index in [0.29, 0.717) is 62.1 Å². The summed E-state index contributed by atoms with van der Waals surface area (Å²) >= 11 is 0. The molecule has 0 saturated carbocycles. The van der Waals surface area contributed by atoms with E-state index in [1.54, 1.807) is 47.4 Å². The summed E-state index contributed by atoms with van der Waals surface area (Å²) in [6, 6.07) is 29.1. The van der Waals surface area contributed by atoms with Crippen LogP contribution in [0.25, 0.3) is 0 Å². The first-order chi connectivity index (χ1) is 28.3. The molecule has 4 atom stereocenters. The molecular weight excluding hydrogens is 809 g/mol. The van der Waals surface area contributed by atoms with Crippen LogP contribution in [0.5, 0.6) is 11.5 Å². The van der Waals surface area contributed by atoms with Gasteiger partial charge in [0.05, 0.1) is 50.2 Å². The van der Waals surface area contributed by atoms with Crippen LogP contribution in [-0.2, 0) is 32.2 Å². The fraction of sp³-hybridized carbons (Fsp3) is 0.364. The third-order valence-electron chi connectivity index (χ3n) is 11.0. The summed E-state index contributed by atoms with van der Waals surface area (Å²) in [5.74, 6) is -0.309. The monoisotopic (exact) mass is 860 g/mol. The second-order valence-electron chi connectivity index (χ2n) is 14.8. The first kappa shape index (κ1) is 46.0. The minimum absolute atomic E-state index is 0. The van der Waals surface area contributed by atoms with Gasteiger partial charge >= 0.3 is 0 Å². The highest BCUT2D eigenvalue weighted by atomic mass is 32.1. The van der Waals surface area contributed by atoms with Gasteiger partial charge in [-0.1, -0.05) is 72.8 Å². The molecule has 4 amide bonds. The van der Waals surface area contributed by atoms with Crippen LogP contribution in [0, 0.1) is 11.8 Å². The lowest BCUT2D eigenvalue weighted by molar-refractivity contribution is -0.144. The minimum atomic E-state index is -0.604. The van der Waals surface area contributed by atoms with Crippen molar-refractivity contribution in [1.29, 1.82) is 0 Å². The third kappa shape index (κ3) is 10.8. The molecule has 0 bridgehead atoms. The Hall–Kier alpha value is -5.10. The van der Waals surface area contributed by atoms with E-state index in [4.69, 9.17) is 29.4 Å². The van der Waals surface area contributed by atoms with Crippen LogP contribution in [-0.4, -0.2) is 83.5 Å². The number of carbonyl (C=O) groups excluding carboxylic acids is 4. The van der Waals surface area contributed by atoms with Gasteiger partial charge in [-0.2, -0.15) is 27.0 Å². The average molecular weight is 861 g/mol. The lowest BCUT2D eigenvalue weighted by Gasteiger charge is -2.34. The number of hydrogen-bond donors (Lipinski definition) is 4. The normalized spacial score (nSPS) is 20.8. The molecule has 0 aliphatic carbocycles. The Balaban J connectivity index is 0.000000220. The molecule has 4 aromatic rings. The fourth-order valence-corrected chi connectivity index (χ4v) is 7.86. The Morgan fingerprint density at radius 3 is 1.30 bits per heavy atom. The van der Waals surface area contributed by atoms with Crippen molar-refractivity contribution in [3.05, 3.63) is 130 Å². The van der Waals surface area contributed by atoms with Gasteiger partial charge < -0.3 is 28.7 Å². The Morgan fingerprint density at radius 1 is 0.550 bits per heavy atom. The zero-order chi connectivity index (χ0) is 40.4. The van der Waals surface area contributed by atoms with Crippen LogP contribution in [0.2, 0.25) is 0 Å². The summed E-state index contributed by atoms with van der Waals surface area (Å²) in [5, 5.41) is 17.8. The first-order valence-electron chi connectivity index (χ1n) is 19.6. The lowest BCUT2D eigenvalue weighted by atomic mass is 9.97. The molecule has 4 aromatic carbocycles. The smallest absolute Gasteiger partial charge is 0.274 e. The number of nitrogens with zero attached hydrogens (tertiary/aromatic N) is 2. The number of benzene rings is 4. The minimum Gasteiger partial charge on any atom is -0.491 e. The number of ether oxygens (including phenoxy) is 4. The van der Waals surface area contributed by atoms with Crippen molar-refractivity contribution in [2.24, 2.45) is 11.8 Å². The summed E-state index contributed by atoms with van der Waals surface area (Å²) in [7, 11) is 0. The molecule has 320 valence electrons. The Bertz CT molecular complexity index is 1920. The topological polar surface area (TPSA) is 176 Å². The number of carbonyl (C=O) groups is 4. The predicted molar refractivity (Wildman–Crippen MR) is 230 cm³/mol. The summed E-state index contributed by atoms with van der Waals surface area (Å²) in [6.45, 7) is 3.61. The number of hydrogen-bond acceptors (Lipinski definition) is 10. The molecule has 14 nitrogen and oxygen atoms in total. The molecule has 2 saturated heterocycles.